The lowest BCUT2D eigenvalue weighted by Gasteiger charge is -2.35. The standard InChI is InChI=1S/C20H25F2N3O6S/c1-12-17(10-24(23-12)19(21)22)32(28,29)25-9-14(11-26)30-16-6-5-13(7-15(16)25)8-18(27)31-20(2,3)4/h5-7,10,14,19,26H,8-9,11H2,1-4H3/t14-/m1/s1. The summed E-state index contributed by atoms with van der Waals surface area (Å²) in [6, 6.07) is 4.56. The Balaban J connectivity index is 2.01. The summed E-state index contributed by atoms with van der Waals surface area (Å²) in [4.78, 5) is 11.8. The first-order valence-corrected chi connectivity index (χ1v) is 11.2. The molecule has 32 heavy (non-hydrogen) atoms. The number of esters is 1. The van der Waals surface area contributed by atoms with E-state index in [1.165, 1.54) is 19.1 Å². The first-order valence-electron chi connectivity index (χ1n) is 9.81. The predicted molar refractivity (Wildman–Crippen MR) is 110 cm³/mol. The van der Waals surface area contributed by atoms with Crippen molar-refractivity contribution in [2.45, 2.75) is 57.3 Å². The molecular weight excluding hydrogens is 448 g/mol. The number of aliphatic hydroxyl groups is 1. The van der Waals surface area contributed by atoms with Crippen LogP contribution in [0.4, 0.5) is 14.5 Å². The van der Waals surface area contributed by atoms with Crippen molar-refractivity contribution in [1.82, 2.24) is 9.78 Å². The van der Waals surface area contributed by atoms with Gasteiger partial charge in [-0.25, -0.2) is 13.1 Å². The maximum Gasteiger partial charge on any atom is 0.333 e. The summed E-state index contributed by atoms with van der Waals surface area (Å²) in [5.74, 6) is -0.323. The van der Waals surface area contributed by atoms with Gasteiger partial charge in [-0.05, 0) is 45.4 Å². The average Bonchev–Trinajstić information content (AvgIpc) is 3.08. The molecule has 0 radical (unpaired) electrons. The van der Waals surface area contributed by atoms with Gasteiger partial charge in [0.15, 0.2) is 0 Å². The maximum atomic E-state index is 13.4. The molecule has 2 heterocycles. The largest absolute Gasteiger partial charge is 0.484 e. The highest BCUT2D eigenvalue weighted by Crippen LogP contribution is 2.38. The number of anilines is 1. The van der Waals surface area contributed by atoms with E-state index in [0.717, 1.165) is 10.5 Å². The van der Waals surface area contributed by atoms with Crippen LogP contribution in [0.25, 0.3) is 0 Å². The molecule has 9 nitrogen and oxygen atoms in total. The Bertz CT molecular complexity index is 1110. The molecule has 2 aromatic rings. The number of nitrogens with zero attached hydrogens (tertiary/aromatic N) is 3. The molecule has 1 aliphatic rings. The highest BCUT2D eigenvalue weighted by Gasteiger charge is 2.37. The van der Waals surface area contributed by atoms with Gasteiger partial charge in [0.1, 0.15) is 22.4 Å². The van der Waals surface area contributed by atoms with E-state index in [-0.39, 0.29) is 39.7 Å². The second-order valence-corrected chi connectivity index (χ2v) is 10.2. The number of aromatic nitrogens is 2. The van der Waals surface area contributed by atoms with Crippen LogP contribution in [0.2, 0.25) is 0 Å². The third kappa shape index (κ3) is 5.01. The van der Waals surface area contributed by atoms with Gasteiger partial charge in [-0.2, -0.15) is 13.9 Å². The van der Waals surface area contributed by atoms with E-state index in [2.05, 4.69) is 5.10 Å². The molecule has 0 saturated carbocycles. The Kier molecular flexibility index (Phi) is 6.47. The number of benzene rings is 1. The fourth-order valence-electron chi connectivity index (χ4n) is 3.27. The van der Waals surface area contributed by atoms with E-state index in [1.54, 1.807) is 26.8 Å². The SMILES string of the molecule is Cc1nn(C(F)F)cc1S(=O)(=O)N1C[C@H](CO)Oc2ccc(CC(=O)OC(C)(C)C)cc21. The lowest BCUT2D eigenvalue weighted by molar-refractivity contribution is -0.153. The molecule has 1 aromatic carbocycles. The predicted octanol–water partition coefficient (Wildman–Crippen LogP) is 2.42. The van der Waals surface area contributed by atoms with Crippen molar-refractivity contribution in [2.24, 2.45) is 0 Å². The van der Waals surface area contributed by atoms with Crippen molar-refractivity contribution in [1.29, 1.82) is 0 Å². The van der Waals surface area contributed by atoms with E-state index in [0.29, 0.717) is 5.56 Å². The number of ether oxygens (including phenoxy) is 2. The number of hydrogen-bond acceptors (Lipinski definition) is 7. The molecular formula is C20H25F2N3O6S. The summed E-state index contributed by atoms with van der Waals surface area (Å²) in [5, 5.41) is 13.1. The third-order valence-corrected chi connectivity index (χ3v) is 6.45. The van der Waals surface area contributed by atoms with Crippen LogP contribution in [-0.4, -0.2) is 54.1 Å². The fourth-order valence-corrected chi connectivity index (χ4v) is 4.93. The summed E-state index contributed by atoms with van der Waals surface area (Å²) in [7, 11) is -4.33. The highest BCUT2D eigenvalue weighted by atomic mass is 32.2. The van der Waals surface area contributed by atoms with Crippen LogP contribution < -0.4 is 9.04 Å². The van der Waals surface area contributed by atoms with Crippen molar-refractivity contribution >= 4 is 21.7 Å². The lowest BCUT2D eigenvalue weighted by atomic mass is 10.1. The quantitative estimate of drug-likeness (QED) is 0.642. The van der Waals surface area contributed by atoms with Crippen molar-refractivity contribution in [3.05, 3.63) is 35.7 Å². The Morgan fingerprint density at radius 1 is 1.38 bits per heavy atom. The van der Waals surface area contributed by atoms with Gasteiger partial charge in [0, 0.05) is 0 Å². The van der Waals surface area contributed by atoms with Crippen molar-refractivity contribution in [2.75, 3.05) is 17.5 Å². The summed E-state index contributed by atoms with van der Waals surface area (Å²) < 4.78 is 65.0. The second kappa shape index (κ2) is 8.66. The first-order chi connectivity index (χ1) is 14.8. The number of hydrogen-bond donors (Lipinski definition) is 1. The topological polar surface area (TPSA) is 111 Å². The number of sulfonamides is 1. The molecule has 3 rings (SSSR count). The third-order valence-electron chi connectivity index (χ3n) is 4.57. The van der Waals surface area contributed by atoms with Crippen molar-refractivity contribution in [3.63, 3.8) is 0 Å². The van der Waals surface area contributed by atoms with Gasteiger partial charge >= 0.3 is 12.5 Å². The number of aryl methyl sites for hydroxylation is 1. The molecule has 0 unspecified atom stereocenters. The average molecular weight is 473 g/mol. The number of alkyl halides is 2. The summed E-state index contributed by atoms with van der Waals surface area (Å²) in [5.41, 5.74) is -0.173. The number of aliphatic hydroxyl groups excluding tert-OH is 1. The normalized spacial score (nSPS) is 16.6. The van der Waals surface area contributed by atoms with E-state index in [4.69, 9.17) is 9.47 Å². The zero-order chi connectivity index (χ0) is 23.8. The van der Waals surface area contributed by atoms with E-state index in [9.17, 15) is 27.1 Å². The van der Waals surface area contributed by atoms with Crippen LogP contribution in [0.15, 0.2) is 29.3 Å². The molecule has 1 aliphatic heterocycles. The molecule has 12 heteroatoms. The smallest absolute Gasteiger partial charge is 0.333 e. The van der Waals surface area contributed by atoms with Crippen molar-refractivity contribution < 1.29 is 36.6 Å². The van der Waals surface area contributed by atoms with Crippen LogP contribution in [0.1, 0.15) is 38.6 Å². The van der Waals surface area contributed by atoms with Gasteiger partial charge in [0.2, 0.25) is 0 Å². The van der Waals surface area contributed by atoms with Gasteiger partial charge in [0.25, 0.3) is 10.0 Å². The van der Waals surface area contributed by atoms with Crippen LogP contribution in [0.5, 0.6) is 5.75 Å². The van der Waals surface area contributed by atoms with Gasteiger partial charge in [0.05, 0.1) is 37.2 Å². The molecule has 0 amide bonds. The van der Waals surface area contributed by atoms with Gasteiger partial charge in [-0.3, -0.25) is 9.10 Å². The minimum Gasteiger partial charge on any atom is -0.484 e. The number of fused-ring (bicyclic) bond motifs is 1. The highest BCUT2D eigenvalue weighted by molar-refractivity contribution is 7.92. The molecule has 176 valence electrons. The molecule has 0 fully saturated rings. The van der Waals surface area contributed by atoms with Crippen LogP contribution >= 0.6 is 0 Å². The van der Waals surface area contributed by atoms with Crippen LogP contribution in [0.3, 0.4) is 0 Å². The molecule has 1 atom stereocenters. The molecule has 0 aliphatic carbocycles. The number of carbonyl (C=O) groups excluding carboxylic acids is 1. The second-order valence-electron chi connectivity index (χ2n) is 8.36. The van der Waals surface area contributed by atoms with Gasteiger partial charge < -0.3 is 14.6 Å². The zero-order valence-corrected chi connectivity index (χ0v) is 18.9. The molecule has 0 spiro atoms. The first kappa shape index (κ1) is 23.9. The van der Waals surface area contributed by atoms with Crippen molar-refractivity contribution in [3.8, 4) is 5.75 Å². The number of carbonyl (C=O) groups is 1. The lowest BCUT2D eigenvalue weighted by Crippen LogP contribution is -2.45. The van der Waals surface area contributed by atoms with E-state index >= 15 is 0 Å². The van der Waals surface area contributed by atoms with Gasteiger partial charge in [-0.1, -0.05) is 6.07 Å². The Labute approximate surface area is 184 Å². The zero-order valence-electron chi connectivity index (χ0n) is 18.1. The Morgan fingerprint density at radius 3 is 2.62 bits per heavy atom. The van der Waals surface area contributed by atoms with Crippen LogP contribution in [-0.2, 0) is 26.0 Å². The molecule has 0 bridgehead atoms. The fraction of sp³-hybridized carbons (Fsp3) is 0.500. The minimum absolute atomic E-state index is 0.0937. The molecule has 1 aromatic heterocycles. The summed E-state index contributed by atoms with van der Waals surface area (Å²) in [6.07, 6.45) is -0.202. The molecule has 0 saturated heterocycles. The number of rotatable bonds is 6. The maximum absolute atomic E-state index is 13.4. The van der Waals surface area contributed by atoms with E-state index in [1.807, 2.05) is 0 Å². The molecule has 1 N–H and O–H groups in total. The Morgan fingerprint density at radius 2 is 2.06 bits per heavy atom. The minimum atomic E-state index is -4.33. The van der Waals surface area contributed by atoms with Gasteiger partial charge in [-0.15, -0.1) is 0 Å². The van der Waals surface area contributed by atoms with Crippen LogP contribution in [0, 0.1) is 6.92 Å². The Hall–Kier alpha value is -2.73. The summed E-state index contributed by atoms with van der Waals surface area (Å²) in [6.45, 7) is 2.81. The monoisotopic (exact) mass is 473 g/mol. The summed E-state index contributed by atoms with van der Waals surface area (Å²) >= 11 is 0. The van der Waals surface area contributed by atoms with E-state index < -0.39 is 40.9 Å². The number of halogens is 2.